The highest BCUT2D eigenvalue weighted by Gasteiger charge is 2.28. The van der Waals surface area contributed by atoms with Crippen LogP contribution in [-0.4, -0.2) is 58.8 Å². The number of hydrogen-bond acceptors (Lipinski definition) is 5. The van der Waals surface area contributed by atoms with Crippen LogP contribution in [-0.2, 0) is 16.6 Å². The van der Waals surface area contributed by atoms with Crippen LogP contribution in [0.3, 0.4) is 0 Å². The summed E-state index contributed by atoms with van der Waals surface area (Å²) in [5.41, 5.74) is 2.26. The van der Waals surface area contributed by atoms with E-state index >= 15 is 0 Å². The van der Waals surface area contributed by atoms with Gasteiger partial charge in [-0.2, -0.15) is 5.10 Å². The third-order valence-corrected chi connectivity index (χ3v) is 4.80. The molecule has 1 aliphatic heterocycles. The number of carbonyl (C=O) groups is 2. The predicted molar refractivity (Wildman–Crippen MR) is 98.1 cm³/mol. The first-order chi connectivity index (χ1) is 12.5. The number of para-hydroxylation sites is 1. The lowest BCUT2D eigenvalue weighted by Crippen LogP contribution is -2.51. The number of nitrogens with zero attached hydrogens (tertiary/aromatic N) is 4. The van der Waals surface area contributed by atoms with Crippen molar-refractivity contribution in [3.8, 4) is 0 Å². The highest BCUT2D eigenvalue weighted by Crippen LogP contribution is 2.17. The molecule has 2 heterocycles. The second-order valence-corrected chi connectivity index (χ2v) is 6.46. The summed E-state index contributed by atoms with van der Waals surface area (Å²) in [5, 5.41) is 4.03. The lowest BCUT2D eigenvalue weighted by molar-refractivity contribution is -0.140. The van der Waals surface area contributed by atoms with E-state index in [-0.39, 0.29) is 5.91 Å². The van der Waals surface area contributed by atoms with Crippen molar-refractivity contribution >= 4 is 17.6 Å². The summed E-state index contributed by atoms with van der Waals surface area (Å²) in [7, 11) is 1.76. The van der Waals surface area contributed by atoms with Gasteiger partial charge in [-0.25, -0.2) is 4.79 Å². The van der Waals surface area contributed by atoms with Crippen LogP contribution < -0.4 is 4.90 Å². The number of anilines is 1. The number of benzene rings is 1. The number of carbonyl (C=O) groups excluding carboxylic acids is 2. The van der Waals surface area contributed by atoms with Crippen molar-refractivity contribution in [2.45, 2.75) is 20.0 Å². The normalized spacial score (nSPS) is 15.7. The molecule has 1 atom stereocenters. The quantitative estimate of drug-likeness (QED) is 0.779. The number of amides is 1. The summed E-state index contributed by atoms with van der Waals surface area (Å²) >= 11 is 0. The summed E-state index contributed by atoms with van der Waals surface area (Å²) < 4.78 is 6.96. The smallest absolute Gasteiger partial charge is 0.342 e. The van der Waals surface area contributed by atoms with Crippen molar-refractivity contribution in [3.05, 3.63) is 47.8 Å². The van der Waals surface area contributed by atoms with Crippen LogP contribution in [0, 0.1) is 6.92 Å². The molecular weight excluding hydrogens is 332 g/mol. The fourth-order valence-electron chi connectivity index (χ4n) is 3.05. The van der Waals surface area contributed by atoms with Crippen LogP contribution >= 0.6 is 0 Å². The number of rotatable bonds is 4. The van der Waals surface area contributed by atoms with E-state index in [1.165, 1.54) is 6.20 Å². The number of ether oxygens (including phenoxy) is 1. The third kappa shape index (κ3) is 3.71. The Morgan fingerprint density at radius 3 is 2.35 bits per heavy atom. The monoisotopic (exact) mass is 356 g/mol. The SMILES string of the molecule is Cc1c(C(=O)O[C@@H](C)C(=O)N2CCN(c3ccccc3)CC2)cnn1C. The summed E-state index contributed by atoms with van der Waals surface area (Å²) in [6.45, 7) is 6.16. The van der Waals surface area contributed by atoms with E-state index in [9.17, 15) is 9.59 Å². The molecule has 1 saturated heterocycles. The minimum Gasteiger partial charge on any atom is -0.449 e. The first kappa shape index (κ1) is 18.0. The molecule has 0 bridgehead atoms. The molecule has 1 aromatic heterocycles. The molecule has 3 rings (SSSR count). The molecule has 7 nitrogen and oxygen atoms in total. The van der Waals surface area contributed by atoms with Crippen molar-refractivity contribution in [1.29, 1.82) is 0 Å². The molecule has 2 aromatic rings. The molecule has 0 saturated carbocycles. The second kappa shape index (κ2) is 7.59. The van der Waals surface area contributed by atoms with Crippen LogP contribution in [0.15, 0.2) is 36.5 Å². The molecule has 1 fully saturated rings. The Morgan fingerprint density at radius 2 is 1.77 bits per heavy atom. The molecular formula is C19H24N4O3. The van der Waals surface area contributed by atoms with Gasteiger partial charge in [0.05, 0.1) is 6.20 Å². The van der Waals surface area contributed by atoms with Gasteiger partial charge in [0, 0.05) is 44.6 Å². The standard InChI is InChI=1S/C19H24N4O3/c1-14-17(13-20-21(14)3)19(25)26-15(2)18(24)23-11-9-22(10-12-23)16-7-5-4-6-8-16/h4-8,13,15H,9-12H2,1-3H3/t15-/m0/s1. The van der Waals surface area contributed by atoms with E-state index in [1.807, 2.05) is 18.2 Å². The summed E-state index contributed by atoms with van der Waals surface area (Å²) in [6, 6.07) is 10.1. The minimum atomic E-state index is -0.814. The minimum absolute atomic E-state index is 0.160. The van der Waals surface area contributed by atoms with Crippen molar-refractivity contribution < 1.29 is 14.3 Å². The molecule has 138 valence electrons. The van der Waals surface area contributed by atoms with E-state index < -0.39 is 12.1 Å². The molecule has 7 heteroatoms. The molecule has 0 N–H and O–H groups in total. The summed E-state index contributed by atoms with van der Waals surface area (Å²) in [4.78, 5) is 28.9. The van der Waals surface area contributed by atoms with E-state index in [1.54, 1.807) is 30.5 Å². The van der Waals surface area contributed by atoms with Gasteiger partial charge in [-0.1, -0.05) is 18.2 Å². The molecule has 0 unspecified atom stereocenters. The number of esters is 1. The molecule has 26 heavy (non-hydrogen) atoms. The zero-order valence-corrected chi connectivity index (χ0v) is 15.4. The van der Waals surface area contributed by atoms with Crippen molar-refractivity contribution in [2.24, 2.45) is 7.05 Å². The molecule has 1 aromatic carbocycles. The fraction of sp³-hybridized carbons (Fsp3) is 0.421. The van der Waals surface area contributed by atoms with Gasteiger partial charge < -0.3 is 14.5 Å². The topological polar surface area (TPSA) is 67.7 Å². The lowest BCUT2D eigenvalue weighted by atomic mass is 10.2. The summed E-state index contributed by atoms with van der Waals surface area (Å²) in [5.74, 6) is -0.674. The number of aryl methyl sites for hydroxylation is 1. The van der Waals surface area contributed by atoms with Crippen LogP contribution in [0.2, 0.25) is 0 Å². The van der Waals surface area contributed by atoms with E-state index in [2.05, 4.69) is 22.1 Å². The van der Waals surface area contributed by atoms with Gasteiger partial charge in [0.15, 0.2) is 6.10 Å². The average Bonchev–Trinajstić information content (AvgIpc) is 3.01. The van der Waals surface area contributed by atoms with Crippen molar-refractivity contribution in [3.63, 3.8) is 0 Å². The van der Waals surface area contributed by atoms with Crippen molar-refractivity contribution in [2.75, 3.05) is 31.1 Å². The Hall–Kier alpha value is -2.83. The zero-order chi connectivity index (χ0) is 18.7. The van der Waals surface area contributed by atoms with E-state index in [0.717, 1.165) is 18.8 Å². The van der Waals surface area contributed by atoms with Crippen LogP contribution in [0.25, 0.3) is 0 Å². The Kier molecular flexibility index (Phi) is 5.25. The summed E-state index contributed by atoms with van der Waals surface area (Å²) in [6.07, 6.45) is 0.651. The Labute approximate surface area is 153 Å². The zero-order valence-electron chi connectivity index (χ0n) is 15.4. The van der Waals surface area contributed by atoms with Gasteiger partial charge in [0.1, 0.15) is 5.56 Å². The second-order valence-electron chi connectivity index (χ2n) is 6.46. The Morgan fingerprint density at radius 1 is 1.12 bits per heavy atom. The van der Waals surface area contributed by atoms with Gasteiger partial charge in [-0.15, -0.1) is 0 Å². The molecule has 0 spiro atoms. The molecule has 0 radical (unpaired) electrons. The predicted octanol–water partition coefficient (Wildman–Crippen LogP) is 1.62. The highest BCUT2D eigenvalue weighted by atomic mass is 16.5. The first-order valence-corrected chi connectivity index (χ1v) is 8.75. The molecule has 1 aliphatic rings. The molecule has 0 aliphatic carbocycles. The molecule has 1 amide bonds. The Bertz CT molecular complexity index is 779. The number of piperazine rings is 1. The van der Waals surface area contributed by atoms with Gasteiger partial charge >= 0.3 is 5.97 Å². The third-order valence-electron chi connectivity index (χ3n) is 4.80. The largest absolute Gasteiger partial charge is 0.449 e. The van der Waals surface area contributed by atoms with Gasteiger partial charge in [-0.3, -0.25) is 9.48 Å². The number of aromatic nitrogens is 2. The maximum atomic E-state index is 12.6. The van der Waals surface area contributed by atoms with Crippen molar-refractivity contribution in [1.82, 2.24) is 14.7 Å². The van der Waals surface area contributed by atoms with E-state index in [0.29, 0.717) is 24.3 Å². The van der Waals surface area contributed by atoms with Crippen LogP contribution in [0.1, 0.15) is 23.0 Å². The average molecular weight is 356 g/mol. The lowest BCUT2D eigenvalue weighted by Gasteiger charge is -2.37. The Balaban J connectivity index is 1.54. The fourth-order valence-corrected chi connectivity index (χ4v) is 3.05. The highest BCUT2D eigenvalue weighted by molar-refractivity contribution is 5.93. The van der Waals surface area contributed by atoms with Gasteiger partial charge in [0.2, 0.25) is 0 Å². The van der Waals surface area contributed by atoms with Gasteiger partial charge in [0.25, 0.3) is 5.91 Å². The van der Waals surface area contributed by atoms with E-state index in [4.69, 9.17) is 4.74 Å². The first-order valence-electron chi connectivity index (χ1n) is 8.75. The maximum absolute atomic E-state index is 12.6. The van der Waals surface area contributed by atoms with Gasteiger partial charge in [-0.05, 0) is 26.0 Å². The van der Waals surface area contributed by atoms with Crippen LogP contribution in [0.4, 0.5) is 5.69 Å². The van der Waals surface area contributed by atoms with Crippen LogP contribution in [0.5, 0.6) is 0 Å². The number of hydrogen-bond donors (Lipinski definition) is 0. The maximum Gasteiger partial charge on any atom is 0.342 e.